The second kappa shape index (κ2) is 5.87. The van der Waals surface area contributed by atoms with Crippen LogP contribution in [0.4, 0.5) is 24.5 Å². The van der Waals surface area contributed by atoms with E-state index in [0.29, 0.717) is 6.07 Å². The molecule has 21 heavy (non-hydrogen) atoms. The lowest BCUT2D eigenvalue weighted by Gasteiger charge is -2.11. The smallest absolute Gasteiger partial charge is 0.382 e. The molecule has 0 atom stereocenters. The van der Waals surface area contributed by atoms with E-state index in [9.17, 15) is 23.3 Å². The fourth-order valence-electron chi connectivity index (χ4n) is 1.24. The van der Waals surface area contributed by atoms with Crippen LogP contribution in [0.1, 0.15) is 5.56 Å². The van der Waals surface area contributed by atoms with Gasteiger partial charge in [-0.3, -0.25) is 20.9 Å². The van der Waals surface area contributed by atoms with Crippen molar-refractivity contribution in [3.63, 3.8) is 0 Å². The normalized spacial score (nSPS) is 11.6. The molecule has 1 rings (SSSR count). The molecule has 11 heteroatoms. The second-order valence-electron chi connectivity index (χ2n) is 3.58. The number of benzene rings is 1. The van der Waals surface area contributed by atoms with Crippen LogP contribution in [0.15, 0.2) is 23.3 Å². The Hall–Kier alpha value is -3.16. The van der Waals surface area contributed by atoms with E-state index in [1.807, 2.05) is 5.43 Å². The molecule has 0 aliphatic rings. The fraction of sp³-hybridized carbons (Fsp3) is 0.100. The lowest BCUT2D eigenvalue weighted by molar-refractivity contribution is -0.385. The van der Waals surface area contributed by atoms with Crippen LogP contribution in [0.25, 0.3) is 0 Å². The quantitative estimate of drug-likeness (QED) is 0.336. The van der Waals surface area contributed by atoms with Crippen molar-refractivity contribution in [1.29, 1.82) is 10.7 Å². The van der Waals surface area contributed by atoms with Crippen LogP contribution in [0.2, 0.25) is 0 Å². The minimum atomic E-state index is -4.87. The van der Waals surface area contributed by atoms with E-state index in [4.69, 9.17) is 16.4 Å². The Morgan fingerprint density at radius 1 is 1.52 bits per heavy atom. The third kappa shape index (κ3) is 3.90. The predicted molar refractivity (Wildman–Crippen MR) is 66.7 cm³/mol. The summed E-state index contributed by atoms with van der Waals surface area (Å²) >= 11 is 0. The topological polar surface area (TPSA) is 141 Å². The molecular weight excluding hydrogens is 293 g/mol. The Balaban J connectivity index is 3.28. The highest BCUT2D eigenvalue weighted by molar-refractivity contribution is 6.45. The third-order valence-corrected chi connectivity index (χ3v) is 2.17. The predicted octanol–water partition coefficient (Wildman–Crippen LogP) is 1.84. The standard InChI is InChI=1S/C10H7F3N6O2/c11-10(12,13)6-3-5(19(20)21)1-2-7(6)17-18-8(4-14)9(15)16/h1-3,17H,(H3,15,16)/b18-8+. The van der Waals surface area contributed by atoms with Crippen molar-refractivity contribution in [2.75, 3.05) is 5.43 Å². The van der Waals surface area contributed by atoms with Crippen LogP contribution in [0, 0.1) is 26.9 Å². The van der Waals surface area contributed by atoms with Crippen molar-refractivity contribution in [1.82, 2.24) is 0 Å². The lowest BCUT2D eigenvalue weighted by Crippen LogP contribution is -2.22. The first-order valence-corrected chi connectivity index (χ1v) is 5.10. The molecule has 0 aromatic heterocycles. The molecule has 0 radical (unpaired) electrons. The van der Waals surface area contributed by atoms with E-state index >= 15 is 0 Å². The van der Waals surface area contributed by atoms with Crippen molar-refractivity contribution < 1.29 is 18.1 Å². The van der Waals surface area contributed by atoms with Crippen LogP contribution >= 0.6 is 0 Å². The van der Waals surface area contributed by atoms with Gasteiger partial charge in [-0.2, -0.15) is 23.5 Å². The zero-order valence-electron chi connectivity index (χ0n) is 10.1. The summed E-state index contributed by atoms with van der Waals surface area (Å²) in [5.74, 6) is -0.736. The van der Waals surface area contributed by atoms with E-state index in [1.54, 1.807) is 0 Å². The van der Waals surface area contributed by atoms with E-state index in [2.05, 4.69) is 5.10 Å². The van der Waals surface area contributed by atoms with Crippen molar-refractivity contribution in [3.05, 3.63) is 33.9 Å². The first kappa shape index (κ1) is 15.9. The van der Waals surface area contributed by atoms with Crippen LogP contribution in [0.3, 0.4) is 0 Å². The van der Waals surface area contributed by atoms with Gasteiger partial charge in [-0.1, -0.05) is 0 Å². The van der Waals surface area contributed by atoms with Gasteiger partial charge in [0.15, 0.2) is 5.84 Å². The lowest BCUT2D eigenvalue weighted by atomic mass is 10.1. The number of rotatable bonds is 4. The highest BCUT2D eigenvalue weighted by Crippen LogP contribution is 2.37. The minimum absolute atomic E-state index is 0.331. The molecule has 0 aliphatic heterocycles. The van der Waals surface area contributed by atoms with Crippen LogP contribution in [-0.4, -0.2) is 16.5 Å². The Morgan fingerprint density at radius 2 is 2.14 bits per heavy atom. The highest BCUT2D eigenvalue weighted by atomic mass is 19.4. The van der Waals surface area contributed by atoms with Gasteiger partial charge in [0.05, 0.1) is 16.2 Å². The molecule has 8 nitrogen and oxygen atoms in total. The van der Waals surface area contributed by atoms with Crippen molar-refractivity contribution in [3.8, 4) is 6.07 Å². The summed E-state index contributed by atoms with van der Waals surface area (Å²) in [6.07, 6.45) is -4.87. The van der Waals surface area contributed by atoms with Gasteiger partial charge in [-0.05, 0) is 6.07 Å². The van der Waals surface area contributed by atoms with Crippen LogP contribution in [-0.2, 0) is 6.18 Å². The largest absolute Gasteiger partial charge is 0.418 e. The van der Waals surface area contributed by atoms with Crippen LogP contribution in [0.5, 0.6) is 0 Å². The number of amidine groups is 1. The number of nitriles is 1. The Kier molecular flexibility index (Phi) is 4.44. The van der Waals surface area contributed by atoms with Gasteiger partial charge < -0.3 is 5.73 Å². The molecule has 0 unspecified atom stereocenters. The first-order chi connectivity index (χ1) is 9.66. The molecule has 1 aromatic carbocycles. The number of nitro benzene ring substituents is 1. The molecule has 0 saturated carbocycles. The summed E-state index contributed by atoms with van der Waals surface area (Å²) in [6.45, 7) is 0. The van der Waals surface area contributed by atoms with Gasteiger partial charge in [-0.25, -0.2) is 0 Å². The number of nitro groups is 1. The Labute approximate surface area is 115 Å². The molecule has 0 spiro atoms. The Bertz CT molecular complexity index is 662. The van der Waals surface area contributed by atoms with E-state index in [-0.39, 0.29) is 0 Å². The van der Waals surface area contributed by atoms with Gasteiger partial charge in [0.25, 0.3) is 5.69 Å². The van der Waals surface area contributed by atoms with Crippen molar-refractivity contribution in [2.24, 2.45) is 10.8 Å². The number of hydrazone groups is 1. The number of anilines is 1. The van der Waals surface area contributed by atoms with E-state index < -0.39 is 39.6 Å². The number of nitrogens with one attached hydrogen (secondary N) is 2. The average molecular weight is 300 g/mol. The summed E-state index contributed by atoms with van der Waals surface area (Å²) in [6, 6.07) is 3.37. The van der Waals surface area contributed by atoms with Gasteiger partial charge in [0.1, 0.15) is 6.07 Å². The summed E-state index contributed by atoms with van der Waals surface area (Å²) < 4.78 is 38.4. The SMILES string of the molecule is N#C/C(=N\Nc1ccc([N+](=O)[O-])cc1C(F)(F)F)C(=N)N. The molecule has 4 N–H and O–H groups in total. The zero-order chi connectivity index (χ0) is 16.2. The molecular formula is C10H7F3N6O2. The molecule has 1 aromatic rings. The number of nitrogens with two attached hydrogens (primary N) is 1. The van der Waals surface area contributed by atoms with Crippen molar-refractivity contribution >= 4 is 22.9 Å². The molecule has 0 fully saturated rings. The van der Waals surface area contributed by atoms with Crippen molar-refractivity contribution in [2.45, 2.75) is 6.18 Å². The summed E-state index contributed by atoms with van der Waals surface area (Å²) in [5.41, 5.74) is 3.59. The van der Waals surface area contributed by atoms with Crippen LogP contribution < -0.4 is 11.2 Å². The maximum Gasteiger partial charge on any atom is 0.418 e. The van der Waals surface area contributed by atoms with E-state index in [1.165, 1.54) is 6.07 Å². The molecule has 0 saturated heterocycles. The average Bonchev–Trinajstić information content (AvgIpc) is 2.37. The number of nitrogens with zero attached hydrogens (tertiary/aromatic N) is 3. The number of hydrogen-bond donors (Lipinski definition) is 3. The Morgan fingerprint density at radius 3 is 2.57 bits per heavy atom. The van der Waals surface area contributed by atoms with Gasteiger partial charge >= 0.3 is 6.18 Å². The molecule has 0 bridgehead atoms. The summed E-state index contributed by atoms with van der Waals surface area (Å²) in [4.78, 5) is 9.52. The van der Waals surface area contributed by atoms with Gasteiger partial charge in [0.2, 0.25) is 5.71 Å². The maximum absolute atomic E-state index is 12.8. The molecule has 0 heterocycles. The second-order valence-corrected chi connectivity index (χ2v) is 3.58. The first-order valence-electron chi connectivity index (χ1n) is 5.10. The zero-order valence-corrected chi connectivity index (χ0v) is 10.1. The van der Waals surface area contributed by atoms with Gasteiger partial charge in [-0.15, -0.1) is 0 Å². The fourth-order valence-corrected chi connectivity index (χ4v) is 1.24. The molecule has 110 valence electrons. The maximum atomic E-state index is 12.8. The van der Waals surface area contributed by atoms with Gasteiger partial charge in [0, 0.05) is 12.1 Å². The third-order valence-electron chi connectivity index (χ3n) is 2.17. The number of halogens is 3. The van der Waals surface area contributed by atoms with E-state index in [0.717, 1.165) is 12.1 Å². The summed E-state index contributed by atoms with van der Waals surface area (Å²) in [5, 5.41) is 29.3. The number of hydrogen-bond acceptors (Lipinski definition) is 6. The molecule has 0 aliphatic carbocycles. The summed E-state index contributed by atoms with van der Waals surface area (Å²) in [7, 11) is 0. The highest BCUT2D eigenvalue weighted by Gasteiger charge is 2.35. The number of non-ortho nitro benzene ring substituents is 1. The monoisotopic (exact) mass is 300 g/mol. The number of alkyl halides is 3. The molecule has 0 amide bonds. The minimum Gasteiger partial charge on any atom is -0.382 e.